The third-order valence-corrected chi connectivity index (χ3v) is 2.29. The van der Waals surface area contributed by atoms with Gasteiger partial charge in [0.2, 0.25) is 0 Å². The van der Waals surface area contributed by atoms with E-state index < -0.39 is 6.10 Å². The van der Waals surface area contributed by atoms with Gasteiger partial charge in [0.15, 0.2) is 0 Å². The Morgan fingerprint density at radius 3 is 2.69 bits per heavy atom. The molecule has 0 fully saturated rings. The Bertz CT molecular complexity index is 273. The molecule has 1 rings (SSSR count). The lowest BCUT2D eigenvalue weighted by molar-refractivity contribution is 0.121. The average Bonchev–Trinajstić information content (AvgIpc) is 2.15. The number of hydrogen-bond donors (Lipinski definition) is 2. The highest BCUT2D eigenvalue weighted by molar-refractivity contribution is 5.24. The van der Waals surface area contributed by atoms with E-state index in [4.69, 9.17) is 5.73 Å². The Labute approximate surface area is 79.4 Å². The second-order valence-corrected chi connectivity index (χ2v) is 3.57. The topological polar surface area (TPSA) is 46.2 Å². The van der Waals surface area contributed by atoms with Crippen molar-refractivity contribution in [2.45, 2.75) is 20.0 Å². The van der Waals surface area contributed by atoms with Gasteiger partial charge in [0.1, 0.15) is 0 Å². The van der Waals surface area contributed by atoms with Gasteiger partial charge in [-0.3, -0.25) is 0 Å². The number of rotatable bonds is 3. The highest BCUT2D eigenvalue weighted by Crippen LogP contribution is 2.21. The van der Waals surface area contributed by atoms with Crippen molar-refractivity contribution in [3.63, 3.8) is 0 Å². The third kappa shape index (κ3) is 2.54. The Hall–Kier alpha value is -0.860. The van der Waals surface area contributed by atoms with E-state index in [1.54, 1.807) is 0 Å². The van der Waals surface area contributed by atoms with Crippen LogP contribution in [0, 0.1) is 12.8 Å². The summed E-state index contributed by atoms with van der Waals surface area (Å²) in [6.07, 6.45) is -0.440. The molecule has 0 heterocycles. The molecule has 1 aromatic carbocycles. The molecular weight excluding hydrogens is 162 g/mol. The molecule has 0 saturated carbocycles. The monoisotopic (exact) mass is 179 g/mol. The number of aliphatic hydroxyl groups is 1. The van der Waals surface area contributed by atoms with Crippen LogP contribution in [-0.2, 0) is 0 Å². The molecule has 0 amide bonds. The Morgan fingerprint density at radius 1 is 1.46 bits per heavy atom. The molecule has 13 heavy (non-hydrogen) atoms. The maximum absolute atomic E-state index is 9.83. The van der Waals surface area contributed by atoms with Crippen LogP contribution in [0.5, 0.6) is 0 Å². The SMILES string of the molecule is Cc1cccc(C(O)C(C)CN)c1. The van der Waals surface area contributed by atoms with Crippen molar-refractivity contribution >= 4 is 0 Å². The molecule has 0 radical (unpaired) electrons. The minimum Gasteiger partial charge on any atom is -0.388 e. The molecule has 0 aliphatic carbocycles. The highest BCUT2D eigenvalue weighted by atomic mass is 16.3. The van der Waals surface area contributed by atoms with Crippen molar-refractivity contribution in [2.75, 3.05) is 6.54 Å². The number of benzene rings is 1. The predicted octanol–water partition coefficient (Wildman–Crippen LogP) is 1.62. The van der Waals surface area contributed by atoms with Gasteiger partial charge in [0.05, 0.1) is 6.10 Å². The van der Waals surface area contributed by atoms with Crippen LogP contribution in [0.15, 0.2) is 24.3 Å². The summed E-state index contributed by atoms with van der Waals surface area (Å²) < 4.78 is 0. The lowest BCUT2D eigenvalue weighted by Gasteiger charge is -2.17. The lowest BCUT2D eigenvalue weighted by atomic mass is 9.96. The summed E-state index contributed by atoms with van der Waals surface area (Å²) in [5.74, 6) is 0.113. The molecule has 2 heteroatoms. The van der Waals surface area contributed by atoms with Crippen LogP contribution in [0.1, 0.15) is 24.2 Å². The third-order valence-electron chi connectivity index (χ3n) is 2.29. The summed E-state index contributed by atoms with van der Waals surface area (Å²) in [6, 6.07) is 7.90. The first kappa shape index (κ1) is 10.2. The van der Waals surface area contributed by atoms with Crippen LogP contribution in [0.2, 0.25) is 0 Å². The molecule has 0 bridgehead atoms. The van der Waals surface area contributed by atoms with E-state index in [0.29, 0.717) is 6.54 Å². The first-order chi connectivity index (χ1) is 6.15. The quantitative estimate of drug-likeness (QED) is 0.740. The van der Waals surface area contributed by atoms with Crippen molar-refractivity contribution in [3.05, 3.63) is 35.4 Å². The summed E-state index contributed by atoms with van der Waals surface area (Å²) in [6.45, 7) is 4.48. The smallest absolute Gasteiger partial charge is 0.0827 e. The number of aliphatic hydroxyl groups excluding tert-OH is 1. The van der Waals surface area contributed by atoms with E-state index in [0.717, 1.165) is 5.56 Å². The first-order valence-corrected chi connectivity index (χ1v) is 4.60. The molecule has 0 aliphatic rings. The second-order valence-electron chi connectivity index (χ2n) is 3.57. The number of hydrogen-bond acceptors (Lipinski definition) is 2. The van der Waals surface area contributed by atoms with Gasteiger partial charge < -0.3 is 10.8 Å². The van der Waals surface area contributed by atoms with E-state index in [2.05, 4.69) is 0 Å². The average molecular weight is 179 g/mol. The van der Waals surface area contributed by atoms with E-state index in [-0.39, 0.29) is 5.92 Å². The van der Waals surface area contributed by atoms with Crippen LogP contribution in [-0.4, -0.2) is 11.7 Å². The fourth-order valence-corrected chi connectivity index (χ4v) is 1.31. The largest absolute Gasteiger partial charge is 0.388 e. The molecular formula is C11H17NO. The summed E-state index contributed by atoms with van der Waals surface area (Å²) in [4.78, 5) is 0. The van der Waals surface area contributed by atoms with Gasteiger partial charge in [-0.15, -0.1) is 0 Å². The van der Waals surface area contributed by atoms with E-state index in [9.17, 15) is 5.11 Å². The fourth-order valence-electron chi connectivity index (χ4n) is 1.31. The lowest BCUT2D eigenvalue weighted by Crippen LogP contribution is -2.18. The van der Waals surface area contributed by atoms with Crippen LogP contribution in [0.25, 0.3) is 0 Å². The van der Waals surface area contributed by atoms with E-state index in [1.165, 1.54) is 5.56 Å². The first-order valence-electron chi connectivity index (χ1n) is 4.60. The summed E-state index contributed by atoms with van der Waals surface area (Å²) in [5, 5.41) is 9.83. The molecule has 1 aromatic rings. The maximum Gasteiger partial charge on any atom is 0.0827 e. The summed E-state index contributed by atoms with van der Waals surface area (Å²) in [5.41, 5.74) is 7.61. The normalized spacial score (nSPS) is 15.4. The van der Waals surface area contributed by atoms with Crippen LogP contribution < -0.4 is 5.73 Å². The predicted molar refractivity (Wildman–Crippen MR) is 54.4 cm³/mol. The minimum absolute atomic E-state index is 0.113. The van der Waals surface area contributed by atoms with Gasteiger partial charge >= 0.3 is 0 Å². The standard InChI is InChI=1S/C11H17NO/c1-8-4-3-5-10(6-8)11(13)9(2)7-12/h3-6,9,11,13H,7,12H2,1-2H3. The number of aryl methyl sites for hydroxylation is 1. The summed E-state index contributed by atoms with van der Waals surface area (Å²) >= 11 is 0. The van der Waals surface area contributed by atoms with Crippen LogP contribution in [0.3, 0.4) is 0 Å². The molecule has 3 N–H and O–H groups in total. The van der Waals surface area contributed by atoms with Gasteiger partial charge in [-0.2, -0.15) is 0 Å². The minimum atomic E-state index is -0.440. The van der Waals surface area contributed by atoms with Crippen molar-refractivity contribution in [1.29, 1.82) is 0 Å². The Morgan fingerprint density at radius 2 is 2.15 bits per heavy atom. The molecule has 0 aromatic heterocycles. The van der Waals surface area contributed by atoms with Gasteiger partial charge in [-0.1, -0.05) is 36.8 Å². The van der Waals surface area contributed by atoms with E-state index in [1.807, 2.05) is 38.1 Å². The zero-order chi connectivity index (χ0) is 9.84. The van der Waals surface area contributed by atoms with E-state index >= 15 is 0 Å². The molecule has 2 atom stereocenters. The molecule has 0 spiro atoms. The maximum atomic E-state index is 9.83. The van der Waals surface area contributed by atoms with Crippen molar-refractivity contribution in [3.8, 4) is 0 Å². The van der Waals surface area contributed by atoms with Gasteiger partial charge in [-0.05, 0) is 24.9 Å². The van der Waals surface area contributed by atoms with Gasteiger partial charge in [0.25, 0.3) is 0 Å². The van der Waals surface area contributed by atoms with Crippen molar-refractivity contribution < 1.29 is 5.11 Å². The Balaban J connectivity index is 2.82. The fraction of sp³-hybridized carbons (Fsp3) is 0.455. The zero-order valence-corrected chi connectivity index (χ0v) is 8.20. The molecule has 0 saturated heterocycles. The molecule has 2 unspecified atom stereocenters. The molecule has 72 valence electrons. The zero-order valence-electron chi connectivity index (χ0n) is 8.20. The van der Waals surface area contributed by atoms with Crippen molar-refractivity contribution in [1.82, 2.24) is 0 Å². The Kier molecular flexibility index (Phi) is 3.46. The van der Waals surface area contributed by atoms with Crippen LogP contribution >= 0.6 is 0 Å². The van der Waals surface area contributed by atoms with Crippen LogP contribution in [0.4, 0.5) is 0 Å². The van der Waals surface area contributed by atoms with Crippen molar-refractivity contribution in [2.24, 2.45) is 11.7 Å². The molecule has 2 nitrogen and oxygen atoms in total. The number of nitrogens with two attached hydrogens (primary N) is 1. The molecule has 0 aliphatic heterocycles. The van der Waals surface area contributed by atoms with Gasteiger partial charge in [0, 0.05) is 0 Å². The van der Waals surface area contributed by atoms with Gasteiger partial charge in [-0.25, -0.2) is 0 Å². The second kappa shape index (κ2) is 4.40. The highest BCUT2D eigenvalue weighted by Gasteiger charge is 2.14. The summed E-state index contributed by atoms with van der Waals surface area (Å²) in [7, 11) is 0.